The third kappa shape index (κ3) is 5.49. The smallest absolute Gasteiger partial charge is 0.277 e. The molecule has 1 fully saturated rings. The van der Waals surface area contributed by atoms with Gasteiger partial charge >= 0.3 is 0 Å². The van der Waals surface area contributed by atoms with Gasteiger partial charge in [0.1, 0.15) is 28.9 Å². The Kier molecular flexibility index (Phi) is 8.02. The van der Waals surface area contributed by atoms with Crippen LogP contribution in [-0.2, 0) is 9.59 Å². The average Bonchev–Trinajstić information content (AvgIpc) is 3.57. The monoisotopic (exact) mass is 534 g/mol. The summed E-state index contributed by atoms with van der Waals surface area (Å²) >= 11 is 0. The first kappa shape index (κ1) is 28.2. The number of hydrogen-bond donors (Lipinski definition) is 2. The number of β-amino-alcohol motifs (C(OH)–C–C–N with tert-alkyl or cyclic N) is 1. The molecule has 0 unspecified atom stereocenters. The molecule has 206 valence electrons. The molecule has 9 heteroatoms. The molecular weight excluding hydrogens is 499 g/mol. The quantitative estimate of drug-likeness (QED) is 0.488. The van der Waals surface area contributed by atoms with Crippen LogP contribution in [0.5, 0.6) is 0 Å². The van der Waals surface area contributed by atoms with Crippen molar-refractivity contribution < 1.29 is 23.6 Å². The van der Waals surface area contributed by atoms with Crippen LogP contribution < -0.4 is 5.32 Å². The maximum Gasteiger partial charge on any atom is 0.277 e. The van der Waals surface area contributed by atoms with E-state index in [2.05, 4.69) is 22.0 Å². The van der Waals surface area contributed by atoms with Gasteiger partial charge in [-0.2, -0.15) is 4.99 Å². The van der Waals surface area contributed by atoms with Gasteiger partial charge in [-0.05, 0) is 43.9 Å². The number of allylic oxidation sites excluding steroid dienone is 3. The molecule has 2 aliphatic heterocycles. The Hall–Kier alpha value is -3.85. The highest BCUT2D eigenvalue weighted by Gasteiger charge is 2.48. The average molecular weight is 535 g/mol. The molecule has 4 atom stereocenters. The van der Waals surface area contributed by atoms with E-state index in [-0.39, 0.29) is 30.6 Å². The largest absolute Gasteiger partial charge is 0.391 e. The number of likely N-dealkylation sites (tertiary alicyclic amines) is 1. The van der Waals surface area contributed by atoms with E-state index in [4.69, 9.17) is 4.52 Å². The molecule has 0 radical (unpaired) electrons. The fraction of sp³-hybridized carbons (Fsp3) is 0.400. The molecule has 2 amide bonds. The first-order chi connectivity index (χ1) is 18.5. The number of benzene rings is 1. The Bertz CT molecular complexity index is 1370. The van der Waals surface area contributed by atoms with Crippen molar-refractivity contribution in [1.29, 1.82) is 0 Å². The first-order valence-electron chi connectivity index (χ1n) is 13.1. The number of amides is 2. The molecule has 1 saturated heterocycles. The summed E-state index contributed by atoms with van der Waals surface area (Å²) in [5.74, 6) is -0.957. The van der Waals surface area contributed by atoms with Crippen LogP contribution in [0.15, 0.2) is 70.2 Å². The second-order valence-electron chi connectivity index (χ2n) is 10.6. The second-order valence-corrected chi connectivity index (χ2v) is 10.6. The van der Waals surface area contributed by atoms with E-state index < -0.39 is 29.5 Å². The van der Waals surface area contributed by atoms with E-state index >= 15 is 0 Å². The van der Waals surface area contributed by atoms with Crippen molar-refractivity contribution in [1.82, 2.24) is 15.4 Å². The van der Waals surface area contributed by atoms with Gasteiger partial charge in [-0.25, -0.2) is 4.39 Å². The molecule has 0 spiro atoms. The lowest BCUT2D eigenvalue weighted by atomic mass is 9.90. The SMILES string of the molecule is C=C(/C=C\C(=C/C)c1ccccc1F)[C@]1(C)NC([C@H]2C[C@@H](O)CN2C(=O)[C@@H](c2cc(C)no2)C(C)C)=NC1=O. The summed E-state index contributed by atoms with van der Waals surface area (Å²) in [5.41, 5.74) is 0.916. The maximum absolute atomic E-state index is 14.3. The van der Waals surface area contributed by atoms with Crippen molar-refractivity contribution >= 4 is 23.2 Å². The molecule has 2 aromatic rings. The van der Waals surface area contributed by atoms with E-state index in [1.807, 2.05) is 13.8 Å². The molecule has 39 heavy (non-hydrogen) atoms. The molecule has 2 aliphatic rings. The topological polar surface area (TPSA) is 108 Å². The number of aliphatic hydroxyl groups is 1. The Labute approximate surface area is 228 Å². The summed E-state index contributed by atoms with van der Waals surface area (Å²) in [6, 6.07) is 7.57. The summed E-state index contributed by atoms with van der Waals surface area (Å²) < 4.78 is 19.7. The third-order valence-electron chi connectivity index (χ3n) is 7.39. The molecule has 8 nitrogen and oxygen atoms in total. The molecule has 2 N–H and O–H groups in total. The normalized spacial score (nSPS) is 24.4. The lowest BCUT2D eigenvalue weighted by Gasteiger charge is -2.31. The summed E-state index contributed by atoms with van der Waals surface area (Å²) in [4.78, 5) is 32.7. The third-order valence-corrected chi connectivity index (χ3v) is 7.39. The minimum Gasteiger partial charge on any atom is -0.391 e. The molecular formula is C30H35FN4O4. The number of nitrogens with one attached hydrogen (secondary N) is 1. The fourth-order valence-corrected chi connectivity index (χ4v) is 5.09. The van der Waals surface area contributed by atoms with Gasteiger partial charge in [0.05, 0.1) is 17.8 Å². The number of halogens is 1. The zero-order chi connectivity index (χ0) is 28.5. The standard InChI is InChI=1S/C30H35FN4O4/c1-7-20(22-10-8-9-11-23(22)31)13-12-18(4)30(6)29(38)32-27(33-30)24-15-21(36)16-35(24)28(37)26(17(2)3)25-14-19(5)34-39-25/h7-14,17,21,24,26,36H,4,15-16H2,1-3,5-6H3,(H,32,33,38)/b13-12-,20-7+/t21-,24-,26-,30+/m1/s1. The summed E-state index contributed by atoms with van der Waals surface area (Å²) in [6.45, 7) is 13.3. The number of carbonyl (C=O) groups excluding carboxylic acids is 2. The van der Waals surface area contributed by atoms with Crippen molar-refractivity contribution in [2.24, 2.45) is 10.9 Å². The number of aliphatic hydroxyl groups excluding tert-OH is 1. The van der Waals surface area contributed by atoms with Crippen LogP contribution in [-0.4, -0.2) is 57.0 Å². The van der Waals surface area contributed by atoms with E-state index in [9.17, 15) is 19.1 Å². The van der Waals surface area contributed by atoms with Crippen LogP contribution in [0.3, 0.4) is 0 Å². The van der Waals surface area contributed by atoms with Gasteiger partial charge < -0.3 is 19.8 Å². The maximum atomic E-state index is 14.3. The van der Waals surface area contributed by atoms with Gasteiger partial charge in [0.15, 0.2) is 0 Å². The highest BCUT2D eigenvalue weighted by atomic mass is 19.1. The van der Waals surface area contributed by atoms with Gasteiger partial charge in [-0.1, -0.05) is 62.0 Å². The Morgan fingerprint density at radius 2 is 2.05 bits per heavy atom. The number of amidine groups is 1. The zero-order valence-corrected chi connectivity index (χ0v) is 22.9. The molecule has 0 bridgehead atoms. The Morgan fingerprint density at radius 3 is 2.67 bits per heavy atom. The minimum atomic E-state index is -1.26. The highest BCUT2D eigenvalue weighted by Crippen LogP contribution is 2.33. The zero-order valence-electron chi connectivity index (χ0n) is 22.9. The van der Waals surface area contributed by atoms with Gasteiger partial charge in [0, 0.05) is 24.6 Å². The van der Waals surface area contributed by atoms with Crippen LogP contribution in [0.1, 0.15) is 57.1 Å². The van der Waals surface area contributed by atoms with Crippen molar-refractivity contribution in [2.45, 2.75) is 64.6 Å². The number of aliphatic imine (C=N–C) groups is 1. The fourth-order valence-electron chi connectivity index (χ4n) is 5.09. The van der Waals surface area contributed by atoms with E-state index in [0.29, 0.717) is 34.0 Å². The van der Waals surface area contributed by atoms with E-state index in [1.165, 1.54) is 6.07 Å². The Morgan fingerprint density at radius 1 is 1.33 bits per heavy atom. The number of hydrogen-bond acceptors (Lipinski definition) is 6. The van der Waals surface area contributed by atoms with Crippen molar-refractivity contribution in [3.05, 3.63) is 83.5 Å². The van der Waals surface area contributed by atoms with Crippen LogP contribution in [0.2, 0.25) is 0 Å². The van der Waals surface area contributed by atoms with Crippen LogP contribution >= 0.6 is 0 Å². The van der Waals surface area contributed by atoms with Crippen LogP contribution in [0.4, 0.5) is 4.39 Å². The number of rotatable bonds is 8. The highest BCUT2D eigenvalue weighted by molar-refractivity contribution is 6.11. The molecule has 0 aliphatic carbocycles. The van der Waals surface area contributed by atoms with Crippen LogP contribution in [0, 0.1) is 18.7 Å². The van der Waals surface area contributed by atoms with Crippen molar-refractivity contribution in [3.8, 4) is 0 Å². The van der Waals surface area contributed by atoms with Crippen LogP contribution in [0.25, 0.3) is 5.57 Å². The van der Waals surface area contributed by atoms with Gasteiger partial charge in [0.25, 0.3) is 5.91 Å². The second kappa shape index (κ2) is 11.1. The van der Waals surface area contributed by atoms with Gasteiger partial charge in [0.2, 0.25) is 5.91 Å². The summed E-state index contributed by atoms with van der Waals surface area (Å²) in [5, 5.41) is 17.6. The number of carbonyl (C=O) groups is 2. The van der Waals surface area contributed by atoms with E-state index in [1.54, 1.807) is 68.2 Å². The lowest BCUT2D eigenvalue weighted by Crippen LogP contribution is -2.53. The van der Waals surface area contributed by atoms with Gasteiger partial charge in [-0.3, -0.25) is 9.59 Å². The Balaban J connectivity index is 1.55. The van der Waals surface area contributed by atoms with Crippen molar-refractivity contribution in [2.75, 3.05) is 6.54 Å². The predicted molar refractivity (Wildman–Crippen MR) is 147 cm³/mol. The number of nitrogens with zero attached hydrogens (tertiary/aromatic N) is 3. The summed E-state index contributed by atoms with van der Waals surface area (Å²) in [7, 11) is 0. The van der Waals surface area contributed by atoms with Gasteiger partial charge in [-0.15, -0.1) is 0 Å². The van der Waals surface area contributed by atoms with E-state index in [0.717, 1.165) is 0 Å². The molecule has 1 aromatic heterocycles. The van der Waals surface area contributed by atoms with Crippen molar-refractivity contribution in [3.63, 3.8) is 0 Å². The number of aryl methyl sites for hydroxylation is 1. The predicted octanol–water partition coefficient (Wildman–Crippen LogP) is 4.33. The molecule has 0 saturated carbocycles. The minimum absolute atomic E-state index is 0.0891. The lowest BCUT2D eigenvalue weighted by molar-refractivity contribution is -0.134. The molecule has 3 heterocycles. The first-order valence-corrected chi connectivity index (χ1v) is 13.1. The summed E-state index contributed by atoms with van der Waals surface area (Å²) in [6.07, 6.45) is 4.62. The number of aromatic nitrogens is 1. The molecule has 4 rings (SSSR count). The molecule has 1 aromatic carbocycles.